The molecule has 2 atom stereocenters. The van der Waals surface area contributed by atoms with Crippen LogP contribution in [0.15, 0.2) is 0 Å². The average Bonchev–Trinajstić information content (AvgIpc) is 1.96. The summed E-state index contributed by atoms with van der Waals surface area (Å²) in [6.07, 6.45) is -1.24. The van der Waals surface area contributed by atoms with Gasteiger partial charge in [0.05, 0.1) is 6.10 Å². The molecule has 0 saturated heterocycles. The zero-order valence-electron chi connectivity index (χ0n) is 8.96. The zero-order chi connectivity index (χ0) is 10.6. The van der Waals surface area contributed by atoms with Gasteiger partial charge in [0.2, 0.25) is 0 Å². The second-order valence-corrected chi connectivity index (χ2v) is 4.16. The van der Waals surface area contributed by atoms with E-state index in [4.69, 9.17) is 15.2 Å². The lowest BCUT2D eigenvalue weighted by molar-refractivity contribution is -0.0604. The van der Waals surface area contributed by atoms with Crippen molar-refractivity contribution in [2.45, 2.75) is 39.9 Å². The lowest BCUT2D eigenvalue weighted by atomic mass is 9.86. The minimum atomic E-state index is -0.760. The Hall–Kier alpha value is -0.770. The monoisotopic (exact) mass is 189 g/mol. The van der Waals surface area contributed by atoms with Crippen molar-refractivity contribution in [3.8, 4) is 0 Å². The molecular weight excluding hydrogens is 170 g/mol. The maximum atomic E-state index is 10.6. The first-order chi connectivity index (χ1) is 5.79. The van der Waals surface area contributed by atoms with Crippen LogP contribution in [0.5, 0.6) is 0 Å². The molecule has 13 heavy (non-hydrogen) atoms. The van der Waals surface area contributed by atoms with Crippen LogP contribution in [0.25, 0.3) is 0 Å². The summed E-state index contributed by atoms with van der Waals surface area (Å²) in [5.74, 6) is 0. The van der Waals surface area contributed by atoms with Crippen LogP contribution in [0, 0.1) is 5.41 Å². The molecule has 0 aromatic rings. The van der Waals surface area contributed by atoms with E-state index in [9.17, 15) is 4.79 Å². The predicted molar refractivity (Wildman–Crippen MR) is 50.4 cm³/mol. The number of rotatable bonds is 3. The molecule has 2 N–H and O–H groups in total. The first-order valence-electron chi connectivity index (χ1n) is 4.28. The lowest BCUT2D eigenvalue weighted by Gasteiger charge is -2.33. The van der Waals surface area contributed by atoms with E-state index in [0.29, 0.717) is 0 Å². The van der Waals surface area contributed by atoms with Crippen LogP contribution >= 0.6 is 0 Å². The normalized spacial score (nSPS) is 16.4. The van der Waals surface area contributed by atoms with E-state index in [1.54, 1.807) is 7.11 Å². The van der Waals surface area contributed by atoms with Crippen molar-refractivity contribution in [2.75, 3.05) is 7.11 Å². The smallest absolute Gasteiger partial charge is 0.404 e. The molecule has 0 aliphatic heterocycles. The molecule has 0 spiro atoms. The third kappa shape index (κ3) is 4.12. The van der Waals surface area contributed by atoms with Gasteiger partial charge >= 0.3 is 6.09 Å². The van der Waals surface area contributed by atoms with E-state index in [1.807, 2.05) is 27.7 Å². The minimum Gasteiger partial charge on any atom is -0.443 e. The Morgan fingerprint density at radius 1 is 1.38 bits per heavy atom. The summed E-state index contributed by atoms with van der Waals surface area (Å²) in [5.41, 5.74) is 4.79. The first-order valence-corrected chi connectivity index (χ1v) is 4.28. The second-order valence-electron chi connectivity index (χ2n) is 4.16. The number of hydrogen-bond acceptors (Lipinski definition) is 3. The Morgan fingerprint density at radius 3 is 2.08 bits per heavy atom. The molecule has 4 heteroatoms. The predicted octanol–water partition coefficient (Wildman–Crippen LogP) is 1.53. The number of methoxy groups -OCH3 is 1. The highest BCUT2D eigenvalue weighted by Crippen LogP contribution is 2.26. The summed E-state index contributed by atoms with van der Waals surface area (Å²) in [5, 5.41) is 0. The minimum absolute atomic E-state index is 0.160. The van der Waals surface area contributed by atoms with E-state index in [-0.39, 0.29) is 17.6 Å². The van der Waals surface area contributed by atoms with Crippen LogP contribution in [0.4, 0.5) is 4.79 Å². The number of ether oxygens (including phenoxy) is 2. The molecule has 0 aliphatic carbocycles. The van der Waals surface area contributed by atoms with Crippen molar-refractivity contribution < 1.29 is 14.3 Å². The molecule has 78 valence electrons. The van der Waals surface area contributed by atoms with Gasteiger partial charge in [-0.2, -0.15) is 0 Å². The molecule has 0 radical (unpaired) electrons. The number of amides is 1. The van der Waals surface area contributed by atoms with Gasteiger partial charge in [0.1, 0.15) is 6.10 Å². The second kappa shape index (κ2) is 4.46. The Labute approximate surface area is 79.4 Å². The summed E-state index contributed by atoms with van der Waals surface area (Å²) in [4.78, 5) is 10.6. The third-order valence-electron chi connectivity index (χ3n) is 1.89. The molecule has 0 aromatic carbocycles. The van der Waals surface area contributed by atoms with Crippen LogP contribution in [0.2, 0.25) is 0 Å². The molecule has 0 heterocycles. The van der Waals surface area contributed by atoms with Gasteiger partial charge in [-0.3, -0.25) is 0 Å². The number of carbonyl (C=O) groups is 1. The number of hydrogen-bond donors (Lipinski definition) is 1. The highest BCUT2D eigenvalue weighted by molar-refractivity contribution is 5.64. The van der Waals surface area contributed by atoms with Crippen LogP contribution in [0.3, 0.4) is 0 Å². The van der Waals surface area contributed by atoms with Gasteiger partial charge in [0.15, 0.2) is 0 Å². The Balaban J connectivity index is 4.46. The van der Waals surface area contributed by atoms with Crippen molar-refractivity contribution in [2.24, 2.45) is 11.1 Å². The van der Waals surface area contributed by atoms with Crippen molar-refractivity contribution in [1.82, 2.24) is 0 Å². The van der Waals surface area contributed by atoms with Crippen molar-refractivity contribution in [3.63, 3.8) is 0 Å². The standard InChI is InChI=1S/C9H19NO3/c1-6(12-5)7(9(2,3)4)13-8(10)11/h6-7H,1-5H3,(H2,10,11)/t6-,7?/m0/s1. The molecule has 0 aliphatic rings. The SMILES string of the molecule is CO[C@@H](C)C(OC(N)=O)C(C)(C)C. The van der Waals surface area contributed by atoms with Gasteiger partial charge in [-0.1, -0.05) is 20.8 Å². The van der Waals surface area contributed by atoms with Crippen molar-refractivity contribution in [1.29, 1.82) is 0 Å². The molecule has 0 saturated carbocycles. The van der Waals surface area contributed by atoms with Crippen LogP contribution in [-0.2, 0) is 9.47 Å². The number of nitrogens with two attached hydrogens (primary N) is 1. The fourth-order valence-electron chi connectivity index (χ4n) is 1.23. The van der Waals surface area contributed by atoms with E-state index < -0.39 is 6.09 Å². The first kappa shape index (κ1) is 12.2. The van der Waals surface area contributed by atoms with E-state index in [0.717, 1.165) is 0 Å². The quantitative estimate of drug-likeness (QED) is 0.732. The van der Waals surface area contributed by atoms with Gasteiger partial charge in [-0.25, -0.2) is 4.79 Å². The zero-order valence-corrected chi connectivity index (χ0v) is 8.96. The molecule has 0 rings (SSSR count). The maximum Gasteiger partial charge on any atom is 0.404 e. The summed E-state index contributed by atoms with van der Waals surface area (Å²) in [6, 6.07) is 0. The Bertz CT molecular complexity index is 174. The summed E-state index contributed by atoms with van der Waals surface area (Å²) in [6.45, 7) is 7.75. The number of primary amides is 1. The molecule has 0 aromatic heterocycles. The van der Waals surface area contributed by atoms with Crippen LogP contribution in [-0.4, -0.2) is 25.4 Å². The fraction of sp³-hybridized carbons (Fsp3) is 0.889. The molecule has 0 bridgehead atoms. The summed E-state index contributed by atoms with van der Waals surface area (Å²) in [7, 11) is 1.58. The highest BCUT2D eigenvalue weighted by atomic mass is 16.6. The third-order valence-corrected chi connectivity index (χ3v) is 1.89. The van der Waals surface area contributed by atoms with E-state index in [2.05, 4.69) is 0 Å². The maximum absolute atomic E-state index is 10.6. The lowest BCUT2D eigenvalue weighted by Crippen LogP contribution is -2.42. The molecule has 0 fully saturated rings. The molecule has 1 unspecified atom stereocenters. The molecule has 4 nitrogen and oxygen atoms in total. The van der Waals surface area contributed by atoms with Gasteiger partial charge in [0.25, 0.3) is 0 Å². The summed E-state index contributed by atoms with van der Waals surface area (Å²) < 4.78 is 10.1. The van der Waals surface area contributed by atoms with Gasteiger partial charge in [0, 0.05) is 12.5 Å². The Morgan fingerprint density at radius 2 is 1.85 bits per heavy atom. The topological polar surface area (TPSA) is 61.6 Å². The highest BCUT2D eigenvalue weighted by Gasteiger charge is 2.32. The fourth-order valence-corrected chi connectivity index (χ4v) is 1.23. The molecule has 1 amide bonds. The van der Waals surface area contributed by atoms with Crippen LogP contribution < -0.4 is 5.73 Å². The number of carbonyl (C=O) groups excluding carboxylic acids is 1. The largest absolute Gasteiger partial charge is 0.443 e. The van der Waals surface area contributed by atoms with Gasteiger partial charge in [-0.15, -0.1) is 0 Å². The average molecular weight is 189 g/mol. The van der Waals surface area contributed by atoms with E-state index in [1.165, 1.54) is 0 Å². The van der Waals surface area contributed by atoms with Crippen molar-refractivity contribution >= 4 is 6.09 Å². The van der Waals surface area contributed by atoms with E-state index >= 15 is 0 Å². The van der Waals surface area contributed by atoms with Crippen molar-refractivity contribution in [3.05, 3.63) is 0 Å². The van der Waals surface area contributed by atoms with Crippen LogP contribution in [0.1, 0.15) is 27.7 Å². The molecular formula is C9H19NO3. The summed E-state index contributed by atoms with van der Waals surface area (Å²) >= 11 is 0. The van der Waals surface area contributed by atoms with Gasteiger partial charge in [-0.05, 0) is 6.92 Å². The van der Waals surface area contributed by atoms with Gasteiger partial charge < -0.3 is 15.2 Å². The Kier molecular flexibility index (Phi) is 4.20.